The molecule has 1 aliphatic rings. The minimum Gasteiger partial charge on any atom is -0.465 e. The Balaban J connectivity index is 2.04. The van der Waals surface area contributed by atoms with Gasteiger partial charge in [0.1, 0.15) is 24.4 Å². The lowest BCUT2D eigenvalue weighted by atomic mass is 9.99. The molecule has 1 aliphatic heterocycles. The zero-order valence-electron chi connectivity index (χ0n) is 46.1. The van der Waals surface area contributed by atoms with Crippen LogP contribution in [0, 0.1) is 0 Å². The summed E-state index contributed by atoms with van der Waals surface area (Å²) in [5, 5.41) is 54.2. The minimum atomic E-state index is -1.57. The summed E-state index contributed by atoms with van der Waals surface area (Å²) < 4.78 is 16.6. The van der Waals surface area contributed by atoms with Crippen LogP contribution in [0.2, 0.25) is 0 Å². The highest BCUT2D eigenvalue weighted by atomic mass is 16.7. The minimum absolute atomic E-state index is 0.0575. The quantitative estimate of drug-likeness (QED) is 0.0195. The van der Waals surface area contributed by atoms with Gasteiger partial charge in [0, 0.05) is 12.8 Å². The van der Waals surface area contributed by atoms with Gasteiger partial charge in [0.2, 0.25) is 5.91 Å². The van der Waals surface area contributed by atoms with Gasteiger partial charge in [-0.15, -0.1) is 0 Å². The summed E-state index contributed by atoms with van der Waals surface area (Å²) in [5.41, 5.74) is 0. The molecule has 420 valence electrons. The number of esters is 1. The molecular weight excluding hydrogens is 907 g/mol. The van der Waals surface area contributed by atoms with Crippen molar-refractivity contribution in [3.63, 3.8) is 0 Å². The van der Waals surface area contributed by atoms with Crippen LogP contribution in [0.15, 0.2) is 48.6 Å². The van der Waals surface area contributed by atoms with Gasteiger partial charge in [0.25, 0.3) is 0 Å². The Kier molecular flexibility index (Phi) is 47.7. The van der Waals surface area contributed by atoms with Crippen molar-refractivity contribution >= 4 is 11.9 Å². The Labute approximate surface area is 440 Å². The Morgan fingerprint density at radius 2 is 0.931 bits per heavy atom. The number of ether oxygens (including phenoxy) is 3. The zero-order chi connectivity index (χ0) is 52.4. The van der Waals surface area contributed by atoms with Gasteiger partial charge in [-0.3, -0.25) is 9.59 Å². The van der Waals surface area contributed by atoms with E-state index in [0.29, 0.717) is 19.4 Å². The molecule has 11 heteroatoms. The summed E-state index contributed by atoms with van der Waals surface area (Å²) in [6.07, 6.45) is 53.7. The van der Waals surface area contributed by atoms with Crippen molar-refractivity contribution in [2.24, 2.45) is 0 Å². The number of nitrogens with one attached hydrogen (secondary N) is 1. The lowest BCUT2D eigenvalue weighted by molar-refractivity contribution is -0.302. The zero-order valence-corrected chi connectivity index (χ0v) is 46.1. The monoisotopic (exact) mass is 1020 g/mol. The smallest absolute Gasteiger partial charge is 0.305 e. The fourth-order valence-electron chi connectivity index (χ4n) is 9.15. The summed E-state index contributed by atoms with van der Waals surface area (Å²) in [4.78, 5) is 25.0. The third-order valence-corrected chi connectivity index (χ3v) is 13.9. The molecule has 0 saturated carbocycles. The van der Waals surface area contributed by atoms with Crippen LogP contribution in [0.3, 0.4) is 0 Å². The van der Waals surface area contributed by atoms with Crippen LogP contribution in [-0.4, -0.2) is 100 Å². The lowest BCUT2D eigenvalue weighted by Gasteiger charge is -2.40. The molecule has 0 bridgehead atoms. The third kappa shape index (κ3) is 40.0. The number of hydrogen-bond acceptors (Lipinski definition) is 10. The van der Waals surface area contributed by atoms with Crippen LogP contribution >= 0.6 is 0 Å². The van der Waals surface area contributed by atoms with Crippen LogP contribution in [-0.2, 0) is 23.8 Å². The summed E-state index contributed by atoms with van der Waals surface area (Å²) in [6, 6.07) is -0.813. The molecule has 1 rings (SSSR count). The molecule has 1 fully saturated rings. The van der Waals surface area contributed by atoms with Gasteiger partial charge in [0.15, 0.2) is 6.29 Å². The highest BCUT2D eigenvalue weighted by Gasteiger charge is 2.44. The average molecular weight is 1020 g/mol. The molecule has 0 aliphatic carbocycles. The van der Waals surface area contributed by atoms with Crippen molar-refractivity contribution in [1.82, 2.24) is 5.32 Å². The van der Waals surface area contributed by atoms with Gasteiger partial charge >= 0.3 is 5.97 Å². The summed E-state index contributed by atoms with van der Waals surface area (Å²) >= 11 is 0. The first-order valence-electron chi connectivity index (χ1n) is 29.9. The van der Waals surface area contributed by atoms with Gasteiger partial charge < -0.3 is 45.1 Å². The molecule has 0 radical (unpaired) electrons. The summed E-state index contributed by atoms with van der Waals surface area (Å²) in [5.74, 6) is -0.247. The number of aliphatic hydroxyl groups is 5. The molecule has 0 spiro atoms. The standard InChI is InChI=1S/C61H111NO10/c1-3-5-7-9-11-13-14-15-26-29-33-37-41-45-49-57(66)70-50-46-42-38-34-30-27-24-22-20-18-16-17-19-21-23-25-28-32-36-40-44-48-56(65)62-53(54(64)47-43-39-35-31-12-10-8-6-4-2)52-71-61-60(69)59(68)58(67)55(51-63)72-61/h14-15,27,30,38,42-43,47,53-55,58-61,63-64,67-69H,3-13,16-26,28-29,31-37,39-41,44-46,48-52H2,1-2H3,(H,62,65)/b15-14-,30-27-,42-38-,47-43+. The van der Waals surface area contributed by atoms with Crippen molar-refractivity contribution in [1.29, 1.82) is 0 Å². The Morgan fingerprint density at radius 3 is 1.42 bits per heavy atom. The number of allylic oxidation sites excluding steroid dienone is 6. The summed E-state index contributed by atoms with van der Waals surface area (Å²) in [6.45, 7) is 4.18. The Bertz CT molecular complexity index is 1340. The second kappa shape index (κ2) is 50.8. The van der Waals surface area contributed by atoms with Gasteiger partial charge in [-0.1, -0.05) is 223 Å². The van der Waals surface area contributed by atoms with Crippen LogP contribution in [0.4, 0.5) is 0 Å². The van der Waals surface area contributed by atoms with E-state index in [1.807, 2.05) is 6.08 Å². The number of carbonyl (C=O) groups excluding carboxylic acids is 2. The fourth-order valence-corrected chi connectivity index (χ4v) is 9.15. The van der Waals surface area contributed by atoms with E-state index >= 15 is 0 Å². The predicted molar refractivity (Wildman–Crippen MR) is 297 cm³/mol. The van der Waals surface area contributed by atoms with Gasteiger partial charge in [-0.05, 0) is 77.0 Å². The largest absolute Gasteiger partial charge is 0.465 e. The molecule has 6 N–H and O–H groups in total. The van der Waals surface area contributed by atoms with E-state index in [9.17, 15) is 35.1 Å². The Hall–Kier alpha value is -2.38. The molecule has 1 saturated heterocycles. The van der Waals surface area contributed by atoms with Gasteiger partial charge in [0.05, 0.1) is 32.0 Å². The molecule has 7 unspecified atom stereocenters. The molecule has 1 heterocycles. The number of unbranched alkanes of at least 4 members (excludes halogenated alkanes) is 31. The summed E-state index contributed by atoms with van der Waals surface area (Å²) in [7, 11) is 0. The van der Waals surface area contributed by atoms with E-state index in [1.54, 1.807) is 6.08 Å². The first kappa shape index (κ1) is 67.6. The number of carbonyl (C=O) groups is 2. The maximum atomic E-state index is 13.0. The van der Waals surface area contributed by atoms with E-state index in [4.69, 9.17) is 14.2 Å². The van der Waals surface area contributed by atoms with Crippen molar-refractivity contribution in [3.8, 4) is 0 Å². The highest BCUT2D eigenvalue weighted by Crippen LogP contribution is 2.23. The number of amides is 1. The van der Waals surface area contributed by atoms with E-state index in [1.165, 1.54) is 167 Å². The van der Waals surface area contributed by atoms with Crippen molar-refractivity contribution < 1.29 is 49.3 Å². The maximum absolute atomic E-state index is 13.0. The topological polar surface area (TPSA) is 175 Å². The highest BCUT2D eigenvalue weighted by molar-refractivity contribution is 5.76. The van der Waals surface area contributed by atoms with E-state index in [0.717, 1.165) is 70.6 Å². The van der Waals surface area contributed by atoms with E-state index in [2.05, 4.69) is 55.6 Å². The second-order valence-electron chi connectivity index (χ2n) is 20.7. The van der Waals surface area contributed by atoms with Crippen molar-refractivity contribution in [2.75, 3.05) is 19.8 Å². The lowest BCUT2D eigenvalue weighted by Crippen LogP contribution is -2.60. The third-order valence-electron chi connectivity index (χ3n) is 13.9. The van der Waals surface area contributed by atoms with E-state index < -0.39 is 49.5 Å². The molecule has 72 heavy (non-hydrogen) atoms. The maximum Gasteiger partial charge on any atom is 0.305 e. The second-order valence-corrected chi connectivity index (χ2v) is 20.7. The number of hydrogen-bond donors (Lipinski definition) is 6. The van der Waals surface area contributed by atoms with Gasteiger partial charge in [-0.25, -0.2) is 0 Å². The molecule has 1 amide bonds. The molecule has 0 aromatic carbocycles. The SMILES string of the molecule is CCCCCCC/C=C\CCCCCCCC(=O)OCC/C=C\C/C=C\CCCCCCCCCCCCCCCCC(=O)NC(COC1OC(CO)C(O)C(O)C1O)C(O)/C=C/CCCCCCCCC. The van der Waals surface area contributed by atoms with Crippen LogP contribution in [0.25, 0.3) is 0 Å². The number of aliphatic hydroxyl groups excluding tert-OH is 5. The average Bonchev–Trinajstić information content (AvgIpc) is 3.38. The predicted octanol–water partition coefficient (Wildman–Crippen LogP) is 13.7. The van der Waals surface area contributed by atoms with Crippen LogP contribution in [0.5, 0.6) is 0 Å². The van der Waals surface area contributed by atoms with Crippen LogP contribution < -0.4 is 5.32 Å². The molecule has 0 aromatic heterocycles. The molecule has 0 aromatic rings. The Morgan fingerprint density at radius 1 is 0.514 bits per heavy atom. The number of rotatable bonds is 51. The molecule has 11 nitrogen and oxygen atoms in total. The normalized spacial score (nSPS) is 19.3. The fraction of sp³-hybridized carbons (Fsp3) is 0.836. The molecular formula is C61H111NO10. The van der Waals surface area contributed by atoms with Crippen molar-refractivity contribution in [2.45, 2.75) is 307 Å². The van der Waals surface area contributed by atoms with E-state index in [-0.39, 0.29) is 18.5 Å². The van der Waals surface area contributed by atoms with Gasteiger partial charge in [-0.2, -0.15) is 0 Å². The first-order valence-corrected chi connectivity index (χ1v) is 29.9. The van der Waals surface area contributed by atoms with Crippen LogP contribution in [0.1, 0.15) is 264 Å². The molecule has 7 atom stereocenters. The first-order chi connectivity index (χ1) is 35.2. The van der Waals surface area contributed by atoms with Crippen molar-refractivity contribution in [3.05, 3.63) is 48.6 Å².